The van der Waals surface area contributed by atoms with Gasteiger partial charge in [-0.25, -0.2) is 0 Å². The second-order valence-corrected chi connectivity index (χ2v) is 7.85. The summed E-state index contributed by atoms with van der Waals surface area (Å²) in [5.74, 6) is 0.0600. The number of carbonyl (C=O) groups excluding carboxylic acids is 2. The monoisotopic (exact) mass is 374 g/mol. The van der Waals surface area contributed by atoms with Gasteiger partial charge in [0, 0.05) is 0 Å². The maximum absolute atomic E-state index is 13.5. The smallest absolute Gasteiger partial charge is 0.246 e. The largest absolute Gasteiger partial charge is 0.322 e. The molecule has 0 unspecified atom stereocenters. The maximum Gasteiger partial charge on any atom is 0.246 e. The van der Waals surface area contributed by atoms with Crippen LogP contribution in [0.25, 0.3) is 0 Å². The zero-order chi connectivity index (χ0) is 19.8. The zero-order valence-electron chi connectivity index (χ0n) is 16.4. The topological polar surface area (TPSA) is 40.6 Å². The van der Waals surface area contributed by atoms with Crippen molar-refractivity contribution in [2.75, 3.05) is 0 Å². The molecule has 2 aromatic rings. The van der Waals surface area contributed by atoms with E-state index < -0.39 is 12.1 Å². The summed E-state index contributed by atoms with van der Waals surface area (Å²) in [6, 6.07) is 18.6. The number of rotatable bonds is 4. The summed E-state index contributed by atoms with van der Waals surface area (Å²) < 4.78 is 0. The number of fused-ring (bicyclic) bond motifs is 4. The van der Waals surface area contributed by atoms with E-state index in [0.717, 1.165) is 16.7 Å². The number of nitrogens with zero attached hydrogens (tertiary/aromatic N) is 2. The molecular weight excluding hydrogens is 348 g/mol. The second kappa shape index (κ2) is 7.27. The lowest BCUT2D eigenvalue weighted by molar-refractivity contribution is -0.165. The Kier molecular flexibility index (Phi) is 4.80. The fraction of sp³-hybridized carbons (Fsp3) is 0.333. The van der Waals surface area contributed by atoms with Crippen molar-refractivity contribution in [3.05, 3.63) is 83.9 Å². The molecule has 3 aliphatic rings. The average molecular weight is 374 g/mol. The van der Waals surface area contributed by atoms with Crippen LogP contribution in [-0.4, -0.2) is 33.7 Å². The molecule has 0 aliphatic carbocycles. The normalized spacial score (nSPS) is 24.3. The van der Waals surface area contributed by atoms with Gasteiger partial charge in [0.05, 0.1) is 12.1 Å². The minimum atomic E-state index is -0.486. The van der Waals surface area contributed by atoms with E-state index in [9.17, 15) is 9.59 Å². The molecule has 0 N–H and O–H groups in total. The molecule has 144 valence electrons. The summed E-state index contributed by atoms with van der Waals surface area (Å²) in [7, 11) is 0. The Morgan fingerprint density at radius 1 is 0.750 bits per heavy atom. The third kappa shape index (κ3) is 3.03. The van der Waals surface area contributed by atoms with E-state index in [1.54, 1.807) is 9.80 Å². The van der Waals surface area contributed by atoms with E-state index in [1.165, 1.54) is 0 Å². The van der Waals surface area contributed by atoms with Gasteiger partial charge in [0.2, 0.25) is 11.8 Å². The fourth-order valence-corrected chi connectivity index (χ4v) is 4.60. The van der Waals surface area contributed by atoms with E-state index in [4.69, 9.17) is 0 Å². The molecule has 3 fully saturated rings. The van der Waals surface area contributed by atoms with E-state index in [1.807, 2.05) is 74.5 Å². The number of hydrogen-bond acceptors (Lipinski definition) is 2. The van der Waals surface area contributed by atoms with Gasteiger partial charge in [0.25, 0.3) is 0 Å². The van der Waals surface area contributed by atoms with Crippen LogP contribution in [0, 0.1) is 0 Å². The molecule has 3 saturated heterocycles. The third-order valence-corrected chi connectivity index (χ3v) is 6.11. The Labute approximate surface area is 166 Å². The van der Waals surface area contributed by atoms with E-state index in [0.29, 0.717) is 12.8 Å². The van der Waals surface area contributed by atoms with E-state index in [-0.39, 0.29) is 23.9 Å². The molecule has 4 heteroatoms. The molecule has 0 saturated carbocycles. The average Bonchev–Trinajstić information content (AvgIpc) is 2.93. The van der Waals surface area contributed by atoms with Gasteiger partial charge in [-0.3, -0.25) is 9.59 Å². The summed E-state index contributed by atoms with van der Waals surface area (Å²) >= 11 is 0. The number of carbonyl (C=O) groups is 2. The van der Waals surface area contributed by atoms with Crippen LogP contribution >= 0.6 is 0 Å². The maximum atomic E-state index is 13.5. The quantitative estimate of drug-likeness (QED) is 0.750. The van der Waals surface area contributed by atoms with Crippen LogP contribution in [0.4, 0.5) is 0 Å². The highest BCUT2D eigenvalue weighted by molar-refractivity contribution is 5.98. The lowest BCUT2D eigenvalue weighted by Gasteiger charge is -2.47. The summed E-state index contributed by atoms with van der Waals surface area (Å²) in [5.41, 5.74) is 3.07. The van der Waals surface area contributed by atoms with Gasteiger partial charge >= 0.3 is 0 Å². The van der Waals surface area contributed by atoms with Gasteiger partial charge in [0.15, 0.2) is 0 Å². The first-order chi connectivity index (χ1) is 13.5. The first kappa shape index (κ1) is 18.5. The standard InChI is InChI=1S/C24H26N2O2/c1-16-14-21-24(28)26(18(3)20-12-8-5-9-13-20)22(15-16)23(27)25(21)17(2)19-10-6-4-7-11-19/h4-13,17-18,21-22H,1,14-15H2,2-3H3/t17-,18-,21-,22-/m0/s1. The van der Waals surface area contributed by atoms with Crippen LogP contribution < -0.4 is 0 Å². The van der Waals surface area contributed by atoms with Crippen LogP contribution in [0.15, 0.2) is 72.8 Å². The second-order valence-electron chi connectivity index (χ2n) is 7.85. The molecule has 0 spiro atoms. The Balaban J connectivity index is 1.72. The molecule has 0 aromatic heterocycles. The minimum Gasteiger partial charge on any atom is -0.322 e. The Hall–Kier alpha value is -2.88. The van der Waals surface area contributed by atoms with Gasteiger partial charge in [0.1, 0.15) is 12.1 Å². The summed E-state index contributed by atoms with van der Waals surface area (Å²) in [6.07, 6.45) is 1.08. The van der Waals surface area contributed by atoms with Crippen molar-refractivity contribution in [3.63, 3.8) is 0 Å². The lowest BCUT2D eigenvalue weighted by atomic mass is 9.96. The molecule has 3 aliphatic heterocycles. The highest BCUT2D eigenvalue weighted by Gasteiger charge is 2.51. The van der Waals surface area contributed by atoms with Gasteiger partial charge in [-0.1, -0.05) is 72.8 Å². The molecule has 4 nitrogen and oxygen atoms in total. The van der Waals surface area contributed by atoms with Gasteiger partial charge in [-0.05, 0) is 37.8 Å². The molecule has 2 amide bonds. The highest BCUT2D eigenvalue weighted by atomic mass is 16.2. The number of amides is 2. The molecule has 0 radical (unpaired) electrons. The Bertz CT molecular complexity index is 820. The van der Waals surface area contributed by atoms with Crippen molar-refractivity contribution in [1.82, 2.24) is 9.80 Å². The van der Waals surface area contributed by atoms with E-state index >= 15 is 0 Å². The number of benzene rings is 2. The minimum absolute atomic E-state index is 0.0300. The predicted molar refractivity (Wildman–Crippen MR) is 109 cm³/mol. The van der Waals surface area contributed by atoms with Crippen LogP contribution in [0.5, 0.6) is 0 Å². The van der Waals surface area contributed by atoms with Crippen LogP contribution in [0.2, 0.25) is 0 Å². The Morgan fingerprint density at radius 3 is 1.46 bits per heavy atom. The van der Waals surface area contributed by atoms with Crippen LogP contribution in [0.3, 0.4) is 0 Å². The van der Waals surface area contributed by atoms with Crippen LogP contribution in [0.1, 0.15) is 49.9 Å². The molecule has 2 aromatic carbocycles. The van der Waals surface area contributed by atoms with Gasteiger partial charge < -0.3 is 9.80 Å². The van der Waals surface area contributed by atoms with Crippen molar-refractivity contribution in [3.8, 4) is 0 Å². The molecule has 2 bridgehead atoms. The SMILES string of the molecule is C=C1C[C@H]2C(=O)N([C@@H](C)c3ccccc3)[C@@H](C1)C(=O)N2[C@@H](C)c1ccccc1. The molecule has 28 heavy (non-hydrogen) atoms. The van der Waals surface area contributed by atoms with Crippen molar-refractivity contribution < 1.29 is 9.59 Å². The van der Waals surface area contributed by atoms with Crippen molar-refractivity contribution in [2.24, 2.45) is 0 Å². The van der Waals surface area contributed by atoms with Gasteiger partial charge in [-0.2, -0.15) is 0 Å². The van der Waals surface area contributed by atoms with Crippen molar-refractivity contribution in [2.45, 2.75) is 50.9 Å². The zero-order valence-corrected chi connectivity index (χ0v) is 16.4. The fourth-order valence-electron chi connectivity index (χ4n) is 4.60. The first-order valence-electron chi connectivity index (χ1n) is 9.90. The lowest BCUT2D eigenvalue weighted by Crippen LogP contribution is -2.63. The predicted octanol–water partition coefficient (Wildman–Crippen LogP) is 4.27. The molecule has 5 rings (SSSR count). The molecular formula is C24H26N2O2. The molecule has 3 heterocycles. The van der Waals surface area contributed by atoms with Crippen molar-refractivity contribution in [1.29, 1.82) is 0 Å². The number of hydrogen-bond donors (Lipinski definition) is 0. The molecule has 4 atom stereocenters. The number of piperazine rings is 1. The summed E-state index contributed by atoms with van der Waals surface area (Å²) in [6.45, 7) is 8.18. The highest BCUT2D eigenvalue weighted by Crippen LogP contribution is 2.40. The van der Waals surface area contributed by atoms with E-state index in [2.05, 4.69) is 6.58 Å². The summed E-state index contributed by atoms with van der Waals surface area (Å²) in [5, 5.41) is 0. The van der Waals surface area contributed by atoms with Crippen molar-refractivity contribution >= 4 is 11.8 Å². The van der Waals surface area contributed by atoms with Gasteiger partial charge in [-0.15, -0.1) is 0 Å². The van der Waals surface area contributed by atoms with Crippen LogP contribution in [-0.2, 0) is 9.59 Å². The third-order valence-electron chi connectivity index (χ3n) is 6.11. The first-order valence-corrected chi connectivity index (χ1v) is 9.90. The Morgan fingerprint density at radius 2 is 1.11 bits per heavy atom. The summed E-state index contributed by atoms with van der Waals surface area (Å²) in [4.78, 5) is 30.7.